The number of fused-ring (bicyclic) bond motifs is 1. The van der Waals surface area contributed by atoms with Crippen molar-refractivity contribution < 1.29 is 5.21 Å². The molecule has 0 aromatic rings. The average molecular weight is 161 g/mol. The van der Waals surface area contributed by atoms with Crippen molar-refractivity contribution >= 4 is 5.71 Å². The smallest absolute Gasteiger partial charge is 0.0616 e. The van der Waals surface area contributed by atoms with Crippen LogP contribution in [-0.2, 0) is 0 Å². The highest BCUT2D eigenvalue weighted by Gasteiger charge is 2.60. The molecule has 2 nitrogen and oxygen atoms in total. The van der Waals surface area contributed by atoms with Gasteiger partial charge in [-0.25, -0.2) is 0 Å². The molecule has 3 aliphatic rings. The van der Waals surface area contributed by atoms with Gasteiger partial charge in [0.25, 0.3) is 0 Å². The standard InChI is InChI=1S/C10H11NO/c12-11-8-5-6-3-1-2-4-7-9(6)10(7)8/h1-4,6-7,9-10,12H,5H2/b11-8+. The summed E-state index contributed by atoms with van der Waals surface area (Å²) < 4.78 is 0. The van der Waals surface area contributed by atoms with Crippen molar-refractivity contribution in [3.05, 3.63) is 24.3 Å². The summed E-state index contributed by atoms with van der Waals surface area (Å²) in [7, 11) is 0. The Morgan fingerprint density at radius 2 is 2.17 bits per heavy atom. The average Bonchev–Trinajstić information content (AvgIpc) is 2.69. The molecule has 3 rings (SSSR count). The number of rotatable bonds is 0. The lowest BCUT2D eigenvalue weighted by atomic mass is 10.0. The summed E-state index contributed by atoms with van der Waals surface area (Å²) in [5.41, 5.74) is 1.02. The summed E-state index contributed by atoms with van der Waals surface area (Å²) >= 11 is 0. The quantitative estimate of drug-likeness (QED) is 0.426. The zero-order valence-corrected chi connectivity index (χ0v) is 6.72. The number of hydrogen-bond acceptors (Lipinski definition) is 2. The van der Waals surface area contributed by atoms with E-state index in [-0.39, 0.29) is 0 Å². The van der Waals surface area contributed by atoms with Crippen LogP contribution in [0.3, 0.4) is 0 Å². The molecule has 2 fully saturated rings. The van der Waals surface area contributed by atoms with E-state index in [0.717, 1.165) is 18.1 Å². The van der Waals surface area contributed by atoms with Crippen molar-refractivity contribution in [2.75, 3.05) is 0 Å². The van der Waals surface area contributed by atoms with Gasteiger partial charge in [-0.15, -0.1) is 0 Å². The lowest BCUT2D eigenvalue weighted by Crippen LogP contribution is -2.03. The molecule has 0 amide bonds. The molecular weight excluding hydrogens is 150 g/mol. The predicted octanol–water partition coefficient (Wildman–Crippen LogP) is 1.82. The molecule has 0 saturated heterocycles. The summed E-state index contributed by atoms with van der Waals surface area (Å²) in [4.78, 5) is 0. The van der Waals surface area contributed by atoms with E-state index < -0.39 is 0 Å². The molecule has 0 bridgehead atoms. The molecule has 0 radical (unpaired) electrons. The van der Waals surface area contributed by atoms with Crippen LogP contribution in [0, 0.1) is 23.7 Å². The van der Waals surface area contributed by atoms with E-state index in [9.17, 15) is 0 Å². The summed E-state index contributed by atoms with van der Waals surface area (Å²) in [5, 5.41) is 12.1. The Kier molecular flexibility index (Phi) is 1.08. The molecule has 4 unspecified atom stereocenters. The molecule has 2 heteroatoms. The third-order valence-electron chi connectivity index (χ3n) is 3.39. The fraction of sp³-hybridized carbons (Fsp3) is 0.500. The second-order valence-corrected chi connectivity index (χ2v) is 3.91. The second-order valence-electron chi connectivity index (χ2n) is 3.91. The number of nitrogens with zero attached hydrogens (tertiary/aromatic N) is 1. The first kappa shape index (κ1) is 6.46. The SMILES string of the molecule is O/N=C1\CC2C=CC=CC3C1C23. The second kappa shape index (κ2) is 2.00. The van der Waals surface area contributed by atoms with Gasteiger partial charge in [-0.05, 0) is 24.2 Å². The Balaban J connectivity index is 2.00. The van der Waals surface area contributed by atoms with E-state index in [1.807, 2.05) is 0 Å². The largest absolute Gasteiger partial charge is 0.411 e. The van der Waals surface area contributed by atoms with E-state index >= 15 is 0 Å². The zero-order chi connectivity index (χ0) is 8.13. The van der Waals surface area contributed by atoms with Crippen molar-refractivity contribution in [3.8, 4) is 0 Å². The molecule has 0 aliphatic heterocycles. The van der Waals surface area contributed by atoms with Crippen LogP contribution < -0.4 is 0 Å². The van der Waals surface area contributed by atoms with Crippen LogP contribution in [0.2, 0.25) is 0 Å². The van der Waals surface area contributed by atoms with Crippen molar-refractivity contribution in [3.63, 3.8) is 0 Å². The highest BCUT2D eigenvalue weighted by Crippen LogP contribution is 2.60. The first-order valence-electron chi connectivity index (χ1n) is 4.47. The highest BCUT2D eigenvalue weighted by atomic mass is 16.4. The number of allylic oxidation sites excluding steroid dienone is 4. The molecule has 4 atom stereocenters. The van der Waals surface area contributed by atoms with Gasteiger partial charge in [-0.3, -0.25) is 0 Å². The Morgan fingerprint density at radius 3 is 3.00 bits per heavy atom. The Hall–Kier alpha value is -1.05. The summed E-state index contributed by atoms with van der Waals surface area (Å²) in [5.74, 6) is 2.64. The topological polar surface area (TPSA) is 32.6 Å². The zero-order valence-electron chi connectivity index (χ0n) is 6.72. The fourth-order valence-corrected chi connectivity index (χ4v) is 2.82. The molecule has 12 heavy (non-hydrogen) atoms. The highest BCUT2D eigenvalue weighted by molar-refractivity contribution is 5.93. The van der Waals surface area contributed by atoms with E-state index in [1.165, 1.54) is 0 Å². The first-order valence-corrected chi connectivity index (χ1v) is 4.47. The van der Waals surface area contributed by atoms with Crippen molar-refractivity contribution in [2.45, 2.75) is 6.42 Å². The Labute approximate surface area is 71.3 Å². The van der Waals surface area contributed by atoms with Crippen molar-refractivity contribution in [2.24, 2.45) is 28.8 Å². The minimum Gasteiger partial charge on any atom is -0.411 e. The van der Waals surface area contributed by atoms with Gasteiger partial charge in [-0.2, -0.15) is 0 Å². The number of hydrogen-bond donors (Lipinski definition) is 1. The molecular formula is C10H11NO. The summed E-state index contributed by atoms with van der Waals surface area (Å²) in [6.45, 7) is 0. The lowest BCUT2D eigenvalue weighted by molar-refractivity contribution is 0.316. The molecule has 0 heterocycles. The van der Waals surface area contributed by atoms with Crippen LogP contribution in [0.25, 0.3) is 0 Å². The van der Waals surface area contributed by atoms with Crippen LogP contribution in [-0.4, -0.2) is 10.9 Å². The summed E-state index contributed by atoms with van der Waals surface area (Å²) in [6, 6.07) is 0. The van der Waals surface area contributed by atoms with Crippen LogP contribution in [0.15, 0.2) is 29.5 Å². The van der Waals surface area contributed by atoms with Gasteiger partial charge in [0, 0.05) is 5.92 Å². The van der Waals surface area contributed by atoms with Gasteiger partial charge in [0.15, 0.2) is 0 Å². The van der Waals surface area contributed by atoms with Gasteiger partial charge < -0.3 is 5.21 Å². The Bertz CT molecular complexity index is 301. The number of oxime groups is 1. The minimum atomic E-state index is 0.571. The van der Waals surface area contributed by atoms with Gasteiger partial charge in [0.05, 0.1) is 5.71 Å². The Morgan fingerprint density at radius 1 is 1.33 bits per heavy atom. The monoisotopic (exact) mass is 161 g/mol. The predicted molar refractivity (Wildman–Crippen MR) is 46.1 cm³/mol. The maximum Gasteiger partial charge on any atom is 0.0616 e. The van der Waals surface area contributed by atoms with E-state index in [1.54, 1.807) is 0 Å². The van der Waals surface area contributed by atoms with Gasteiger partial charge in [0.1, 0.15) is 0 Å². The van der Waals surface area contributed by atoms with E-state index in [0.29, 0.717) is 17.8 Å². The first-order chi connectivity index (χ1) is 5.92. The molecule has 0 aromatic heterocycles. The van der Waals surface area contributed by atoms with Crippen LogP contribution in [0.1, 0.15) is 6.42 Å². The third kappa shape index (κ3) is 0.631. The van der Waals surface area contributed by atoms with Crippen LogP contribution in [0.4, 0.5) is 0 Å². The normalized spacial score (nSPS) is 50.8. The molecule has 1 N–H and O–H groups in total. The van der Waals surface area contributed by atoms with Gasteiger partial charge in [-0.1, -0.05) is 29.5 Å². The van der Waals surface area contributed by atoms with E-state index in [4.69, 9.17) is 5.21 Å². The molecule has 3 aliphatic carbocycles. The van der Waals surface area contributed by atoms with Crippen molar-refractivity contribution in [1.29, 1.82) is 0 Å². The molecule has 0 aromatic carbocycles. The summed E-state index contributed by atoms with van der Waals surface area (Å²) in [6.07, 6.45) is 9.71. The fourth-order valence-electron chi connectivity index (χ4n) is 2.82. The molecule has 62 valence electrons. The maximum atomic E-state index is 8.75. The van der Waals surface area contributed by atoms with E-state index in [2.05, 4.69) is 29.5 Å². The molecule has 2 saturated carbocycles. The van der Waals surface area contributed by atoms with Gasteiger partial charge >= 0.3 is 0 Å². The van der Waals surface area contributed by atoms with Crippen molar-refractivity contribution in [1.82, 2.24) is 0 Å². The maximum absolute atomic E-state index is 8.75. The van der Waals surface area contributed by atoms with Crippen LogP contribution in [0.5, 0.6) is 0 Å². The third-order valence-corrected chi connectivity index (χ3v) is 3.39. The minimum absolute atomic E-state index is 0.571. The van der Waals surface area contributed by atoms with Crippen LogP contribution >= 0.6 is 0 Å². The van der Waals surface area contributed by atoms with Gasteiger partial charge in [0.2, 0.25) is 0 Å². The lowest BCUT2D eigenvalue weighted by Gasteiger charge is -2.05. The molecule has 0 spiro atoms.